The minimum absolute atomic E-state index is 0.871. The fraction of sp³-hybridized carbons (Fsp3) is 0.0303. The number of allylic oxidation sites excluding steroid dienone is 2. The van der Waals surface area contributed by atoms with Gasteiger partial charge < -0.3 is 18.0 Å². The SMILES string of the molecule is C=CC=C.CC.c1ccc(-n2c3ccccc3c3ccc(-c4cccc(-c5ccc6c(c5)c5ccccc5n6-c5ccc6oc7ccc(-c8ccc9oc%10ccccc%10c9c8)cc7c6c5)c4)cc32)cc1. The Balaban J connectivity index is 0.000000803. The summed E-state index contributed by atoms with van der Waals surface area (Å²) in [6.07, 6.45) is 3.28. The third-order valence-corrected chi connectivity index (χ3v) is 13.5. The fourth-order valence-corrected chi connectivity index (χ4v) is 10.3. The number of hydrogen-bond acceptors (Lipinski definition) is 2. The summed E-state index contributed by atoms with van der Waals surface area (Å²) < 4.78 is 17.4. The first-order chi connectivity index (χ1) is 34.6. The maximum atomic E-state index is 6.45. The first-order valence-corrected chi connectivity index (χ1v) is 24.0. The van der Waals surface area contributed by atoms with Crippen LogP contribution in [-0.4, -0.2) is 9.13 Å². The van der Waals surface area contributed by atoms with Gasteiger partial charge in [0, 0.05) is 54.5 Å². The van der Waals surface area contributed by atoms with Crippen molar-refractivity contribution < 1.29 is 8.83 Å². The molecule has 10 aromatic carbocycles. The highest BCUT2D eigenvalue weighted by atomic mass is 16.3. The van der Waals surface area contributed by atoms with Gasteiger partial charge in [-0.3, -0.25) is 0 Å². The van der Waals surface area contributed by atoms with Crippen LogP contribution >= 0.6 is 0 Å². The first kappa shape index (κ1) is 42.2. The Kier molecular flexibility index (Phi) is 10.6. The summed E-state index contributed by atoms with van der Waals surface area (Å²) >= 11 is 0. The standard InChI is InChI=1S/C60H36N2O2.C4H6.C2H6/c1-2-13-43(14-3-1)61-53-18-7-4-15-45(53)47-26-21-42(35-56(47)61)38-12-10-11-37(31-38)39-22-27-55-49(32-39)46-16-5-8-19-54(46)62(55)44-25-30-60-52(36-44)51-34-41(24-29-59(51)64-60)40-23-28-58-50(33-40)48-17-6-9-20-57(48)63-58;1-3-4-2;1-2/h1-36H;3-4H,1-2H2;1-2H3. The van der Waals surface area contributed by atoms with Gasteiger partial charge in [-0.25, -0.2) is 0 Å². The molecule has 4 heteroatoms. The van der Waals surface area contributed by atoms with Crippen LogP contribution in [0.5, 0.6) is 0 Å². The molecule has 0 saturated heterocycles. The van der Waals surface area contributed by atoms with Gasteiger partial charge in [-0.05, 0) is 130 Å². The smallest absolute Gasteiger partial charge is 0.135 e. The molecule has 0 atom stereocenters. The lowest BCUT2D eigenvalue weighted by Gasteiger charge is -2.10. The van der Waals surface area contributed by atoms with Gasteiger partial charge >= 0.3 is 0 Å². The van der Waals surface area contributed by atoms with Gasteiger partial charge in [0.25, 0.3) is 0 Å². The molecule has 70 heavy (non-hydrogen) atoms. The van der Waals surface area contributed by atoms with Crippen LogP contribution in [0.4, 0.5) is 0 Å². The van der Waals surface area contributed by atoms with Gasteiger partial charge in [-0.1, -0.05) is 160 Å². The average molecular weight is 901 g/mol. The lowest BCUT2D eigenvalue weighted by molar-refractivity contribution is 0.668. The molecule has 0 unspecified atom stereocenters. The Morgan fingerprint density at radius 1 is 0.286 bits per heavy atom. The van der Waals surface area contributed by atoms with E-state index in [2.05, 4.69) is 229 Å². The normalized spacial score (nSPS) is 11.4. The molecule has 14 rings (SSSR count). The van der Waals surface area contributed by atoms with Crippen LogP contribution < -0.4 is 0 Å². The van der Waals surface area contributed by atoms with E-state index < -0.39 is 0 Å². The van der Waals surface area contributed by atoms with E-state index in [-0.39, 0.29) is 0 Å². The van der Waals surface area contributed by atoms with Crippen LogP contribution in [0.15, 0.2) is 253 Å². The highest BCUT2D eigenvalue weighted by molar-refractivity contribution is 6.13. The Bertz CT molecular complexity index is 4300. The molecule has 0 amide bonds. The van der Waals surface area contributed by atoms with E-state index in [1.54, 1.807) is 12.2 Å². The van der Waals surface area contributed by atoms with Gasteiger partial charge in [0.2, 0.25) is 0 Å². The largest absolute Gasteiger partial charge is 0.456 e. The summed E-state index contributed by atoms with van der Waals surface area (Å²) in [6, 6.07) is 78.7. The molecule has 4 heterocycles. The molecule has 0 aliphatic carbocycles. The highest BCUT2D eigenvalue weighted by Crippen LogP contribution is 2.41. The second-order valence-corrected chi connectivity index (χ2v) is 17.4. The Morgan fingerprint density at radius 3 is 1.37 bits per heavy atom. The van der Waals surface area contributed by atoms with Gasteiger partial charge in [0.15, 0.2) is 0 Å². The van der Waals surface area contributed by atoms with Crippen LogP contribution in [0.2, 0.25) is 0 Å². The molecule has 0 saturated carbocycles. The van der Waals surface area contributed by atoms with E-state index in [0.29, 0.717) is 0 Å². The lowest BCUT2D eigenvalue weighted by Crippen LogP contribution is -1.93. The van der Waals surface area contributed by atoms with Gasteiger partial charge in [0.05, 0.1) is 22.1 Å². The molecule has 0 N–H and O–H groups in total. The topological polar surface area (TPSA) is 36.1 Å². The molecule has 334 valence electrons. The number of para-hydroxylation sites is 4. The summed E-state index contributed by atoms with van der Waals surface area (Å²) in [5.74, 6) is 0. The number of nitrogens with zero attached hydrogens (tertiary/aromatic N) is 2. The summed E-state index contributed by atoms with van der Waals surface area (Å²) in [5, 5.41) is 9.38. The zero-order valence-electron chi connectivity index (χ0n) is 39.1. The van der Waals surface area contributed by atoms with Crippen molar-refractivity contribution >= 4 is 87.5 Å². The monoisotopic (exact) mass is 900 g/mol. The van der Waals surface area contributed by atoms with Crippen LogP contribution in [0.25, 0.3) is 132 Å². The predicted octanol–water partition coefficient (Wildman–Crippen LogP) is 19.1. The minimum Gasteiger partial charge on any atom is -0.456 e. The van der Waals surface area contributed by atoms with Crippen molar-refractivity contribution in [1.82, 2.24) is 9.13 Å². The van der Waals surface area contributed by atoms with Crippen molar-refractivity contribution in [2.24, 2.45) is 0 Å². The molecular weight excluding hydrogens is 853 g/mol. The van der Waals surface area contributed by atoms with Crippen LogP contribution in [0, 0.1) is 0 Å². The molecule has 0 spiro atoms. The van der Waals surface area contributed by atoms with E-state index >= 15 is 0 Å². The molecule has 0 bridgehead atoms. The molecular formula is C66H48N2O2. The van der Waals surface area contributed by atoms with Crippen molar-refractivity contribution in [1.29, 1.82) is 0 Å². The van der Waals surface area contributed by atoms with Crippen LogP contribution in [0.3, 0.4) is 0 Å². The van der Waals surface area contributed by atoms with Gasteiger partial charge in [-0.2, -0.15) is 0 Å². The summed E-state index contributed by atoms with van der Waals surface area (Å²) in [5.41, 5.74) is 17.6. The van der Waals surface area contributed by atoms with E-state index in [1.165, 1.54) is 60.3 Å². The Labute approximate surface area is 405 Å². The molecule has 4 aromatic heterocycles. The Hall–Kier alpha value is -9.12. The molecule has 0 aliphatic rings. The van der Waals surface area contributed by atoms with E-state index in [4.69, 9.17) is 8.83 Å². The third-order valence-electron chi connectivity index (χ3n) is 13.5. The number of fused-ring (bicyclic) bond motifs is 12. The number of benzene rings is 10. The average Bonchev–Trinajstić information content (AvgIpc) is 4.18. The maximum Gasteiger partial charge on any atom is 0.135 e. The fourth-order valence-electron chi connectivity index (χ4n) is 10.3. The first-order valence-electron chi connectivity index (χ1n) is 24.0. The molecule has 0 fully saturated rings. The van der Waals surface area contributed by atoms with Crippen molar-refractivity contribution in [3.8, 4) is 44.8 Å². The minimum atomic E-state index is 0.871. The second kappa shape index (κ2) is 17.5. The van der Waals surface area contributed by atoms with Crippen LogP contribution in [-0.2, 0) is 0 Å². The molecule has 0 radical (unpaired) electrons. The summed E-state index contributed by atoms with van der Waals surface area (Å²) in [6.45, 7) is 10.7. The van der Waals surface area contributed by atoms with Crippen molar-refractivity contribution in [3.05, 3.63) is 244 Å². The van der Waals surface area contributed by atoms with E-state index in [0.717, 1.165) is 71.9 Å². The number of furan rings is 2. The third kappa shape index (κ3) is 7.00. The summed E-state index contributed by atoms with van der Waals surface area (Å²) in [4.78, 5) is 0. The lowest BCUT2D eigenvalue weighted by atomic mass is 9.97. The van der Waals surface area contributed by atoms with Crippen LogP contribution in [0.1, 0.15) is 13.8 Å². The van der Waals surface area contributed by atoms with Gasteiger partial charge in [0.1, 0.15) is 22.3 Å². The molecule has 0 aliphatic heterocycles. The number of aromatic nitrogens is 2. The zero-order valence-corrected chi connectivity index (χ0v) is 39.1. The zero-order chi connectivity index (χ0) is 47.3. The summed E-state index contributed by atoms with van der Waals surface area (Å²) in [7, 11) is 0. The van der Waals surface area contributed by atoms with Crippen molar-refractivity contribution in [2.45, 2.75) is 13.8 Å². The maximum absolute atomic E-state index is 6.45. The predicted molar refractivity (Wildman–Crippen MR) is 298 cm³/mol. The van der Waals surface area contributed by atoms with Crippen molar-refractivity contribution in [3.63, 3.8) is 0 Å². The highest BCUT2D eigenvalue weighted by Gasteiger charge is 2.18. The quantitative estimate of drug-likeness (QED) is 0.156. The van der Waals surface area contributed by atoms with E-state index in [1.807, 2.05) is 26.0 Å². The van der Waals surface area contributed by atoms with Crippen molar-refractivity contribution in [2.75, 3.05) is 0 Å². The molecule has 14 aromatic rings. The Morgan fingerprint density at radius 2 is 0.714 bits per heavy atom. The van der Waals surface area contributed by atoms with E-state index in [9.17, 15) is 0 Å². The molecule has 4 nitrogen and oxygen atoms in total. The van der Waals surface area contributed by atoms with Gasteiger partial charge in [-0.15, -0.1) is 0 Å². The number of rotatable bonds is 6. The second-order valence-electron chi connectivity index (χ2n) is 17.4. The number of hydrogen-bond donors (Lipinski definition) is 0.